The van der Waals surface area contributed by atoms with E-state index in [1.807, 2.05) is 6.92 Å². The molecule has 4 fully saturated rings. The van der Waals surface area contributed by atoms with Crippen molar-refractivity contribution in [1.82, 2.24) is 0 Å². The molecule has 3 heteroatoms. The highest BCUT2D eigenvalue weighted by Crippen LogP contribution is 2.55. The molecule has 2 unspecified atom stereocenters. The van der Waals surface area contributed by atoms with Gasteiger partial charge >= 0.3 is 5.97 Å². The number of rotatable bonds is 5. The SMILES string of the molecule is CC(OC(=O)C(C)(CC(C)(C)C)C(C)(C)C)OC1C2CC3CC(C2)CC1C3. The maximum Gasteiger partial charge on any atom is 0.314 e. The number of esters is 1. The predicted molar refractivity (Wildman–Crippen MR) is 109 cm³/mol. The van der Waals surface area contributed by atoms with Gasteiger partial charge in [-0.05, 0) is 86.9 Å². The van der Waals surface area contributed by atoms with E-state index >= 15 is 0 Å². The van der Waals surface area contributed by atoms with Crippen molar-refractivity contribution in [2.24, 2.45) is 39.9 Å². The Kier molecular flexibility index (Phi) is 5.51. The third-order valence-electron chi connectivity index (χ3n) is 7.75. The molecule has 3 nitrogen and oxygen atoms in total. The summed E-state index contributed by atoms with van der Waals surface area (Å²) in [6.45, 7) is 17.0. The molecule has 4 aliphatic carbocycles. The fourth-order valence-corrected chi connectivity index (χ4v) is 6.33. The quantitative estimate of drug-likeness (QED) is 0.422. The monoisotopic (exact) mass is 378 g/mol. The molecule has 0 spiro atoms. The maximum absolute atomic E-state index is 13.2. The van der Waals surface area contributed by atoms with Crippen LogP contribution in [0.15, 0.2) is 0 Å². The Morgan fingerprint density at radius 2 is 1.37 bits per heavy atom. The van der Waals surface area contributed by atoms with E-state index in [-0.39, 0.29) is 16.8 Å². The second kappa shape index (κ2) is 7.04. The van der Waals surface area contributed by atoms with E-state index in [4.69, 9.17) is 9.47 Å². The van der Waals surface area contributed by atoms with E-state index in [1.165, 1.54) is 32.1 Å². The van der Waals surface area contributed by atoms with E-state index in [0.717, 1.165) is 18.3 Å². The van der Waals surface area contributed by atoms with Crippen molar-refractivity contribution in [1.29, 1.82) is 0 Å². The van der Waals surface area contributed by atoms with Crippen LogP contribution in [0, 0.1) is 39.9 Å². The van der Waals surface area contributed by atoms with Gasteiger partial charge in [-0.2, -0.15) is 0 Å². The van der Waals surface area contributed by atoms with Gasteiger partial charge in [0.05, 0.1) is 11.5 Å². The fourth-order valence-electron chi connectivity index (χ4n) is 6.33. The average molecular weight is 379 g/mol. The molecule has 0 aliphatic heterocycles. The van der Waals surface area contributed by atoms with Crippen LogP contribution in [-0.4, -0.2) is 18.4 Å². The minimum atomic E-state index is -0.535. The lowest BCUT2D eigenvalue weighted by Crippen LogP contribution is -2.51. The summed E-state index contributed by atoms with van der Waals surface area (Å²) < 4.78 is 12.3. The summed E-state index contributed by atoms with van der Waals surface area (Å²) in [5.41, 5.74) is -0.640. The fraction of sp³-hybridized carbons (Fsp3) is 0.958. The van der Waals surface area contributed by atoms with E-state index in [0.29, 0.717) is 17.9 Å². The van der Waals surface area contributed by atoms with E-state index in [1.54, 1.807) is 0 Å². The van der Waals surface area contributed by atoms with Gasteiger partial charge in [-0.15, -0.1) is 0 Å². The Morgan fingerprint density at radius 3 is 1.78 bits per heavy atom. The summed E-state index contributed by atoms with van der Waals surface area (Å²) in [6.07, 6.45) is 7.37. The van der Waals surface area contributed by atoms with E-state index < -0.39 is 11.7 Å². The van der Waals surface area contributed by atoms with Crippen LogP contribution in [0.4, 0.5) is 0 Å². The van der Waals surface area contributed by atoms with E-state index in [9.17, 15) is 4.79 Å². The molecule has 0 saturated heterocycles. The Labute approximate surface area is 167 Å². The lowest BCUT2D eigenvalue weighted by molar-refractivity contribution is -0.229. The number of carbonyl (C=O) groups excluding carboxylic acids is 1. The zero-order chi connectivity index (χ0) is 20.2. The molecule has 4 rings (SSSR count). The van der Waals surface area contributed by atoms with Crippen molar-refractivity contribution in [2.45, 2.75) is 106 Å². The molecule has 4 aliphatic rings. The van der Waals surface area contributed by atoms with Gasteiger partial charge in [0.25, 0.3) is 0 Å². The molecule has 0 aromatic rings. The summed E-state index contributed by atoms with van der Waals surface area (Å²) in [4.78, 5) is 13.2. The molecular weight excluding hydrogens is 336 g/mol. The lowest BCUT2D eigenvalue weighted by atomic mass is 9.55. The topological polar surface area (TPSA) is 35.5 Å². The Balaban J connectivity index is 1.64. The maximum atomic E-state index is 13.2. The molecule has 4 saturated carbocycles. The van der Waals surface area contributed by atoms with Crippen molar-refractivity contribution >= 4 is 5.97 Å². The summed E-state index contributed by atoms with van der Waals surface area (Å²) in [7, 11) is 0. The minimum absolute atomic E-state index is 0.0621. The highest BCUT2D eigenvalue weighted by atomic mass is 16.7. The van der Waals surface area contributed by atoms with Crippen molar-refractivity contribution in [3.8, 4) is 0 Å². The third kappa shape index (κ3) is 4.38. The van der Waals surface area contributed by atoms with E-state index in [2.05, 4.69) is 48.5 Å². The van der Waals surface area contributed by atoms with Crippen LogP contribution in [-0.2, 0) is 14.3 Å². The largest absolute Gasteiger partial charge is 0.436 e. The number of hydrogen-bond donors (Lipinski definition) is 0. The molecule has 156 valence electrons. The Hall–Kier alpha value is -0.570. The van der Waals surface area contributed by atoms with Gasteiger partial charge in [0.1, 0.15) is 0 Å². The third-order valence-corrected chi connectivity index (χ3v) is 7.75. The van der Waals surface area contributed by atoms with Crippen LogP contribution < -0.4 is 0 Å². The van der Waals surface area contributed by atoms with Crippen molar-refractivity contribution in [3.05, 3.63) is 0 Å². The molecule has 2 atom stereocenters. The van der Waals surface area contributed by atoms with Crippen molar-refractivity contribution in [3.63, 3.8) is 0 Å². The first-order valence-electron chi connectivity index (χ1n) is 11.1. The first kappa shape index (κ1) is 21.1. The standard InChI is InChI=1S/C24H42O3/c1-15(26-20-18-10-16-9-17(12-18)13-19(20)11-16)27-21(25)24(8,23(5,6)7)14-22(2,3)4/h15-20H,9-14H2,1-8H3. The van der Waals surface area contributed by atoms with Crippen LogP contribution in [0.2, 0.25) is 0 Å². The molecule has 0 heterocycles. The van der Waals surface area contributed by atoms with Gasteiger partial charge in [-0.25, -0.2) is 0 Å². The van der Waals surface area contributed by atoms with Crippen molar-refractivity contribution < 1.29 is 14.3 Å². The normalized spacial score (nSPS) is 36.4. The summed E-state index contributed by atoms with van der Waals surface area (Å²) >= 11 is 0. The highest BCUT2D eigenvalue weighted by molar-refractivity contribution is 5.77. The molecule has 4 bridgehead atoms. The molecule has 0 aromatic carbocycles. The number of carbonyl (C=O) groups is 1. The Bertz CT molecular complexity index is 525. The van der Waals surface area contributed by atoms with Crippen LogP contribution in [0.5, 0.6) is 0 Å². The van der Waals surface area contributed by atoms with Crippen LogP contribution in [0.25, 0.3) is 0 Å². The first-order valence-corrected chi connectivity index (χ1v) is 11.1. The molecule has 0 amide bonds. The smallest absolute Gasteiger partial charge is 0.314 e. The Morgan fingerprint density at radius 1 is 0.889 bits per heavy atom. The number of hydrogen-bond acceptors (Lipinski definition) is 3. The molecule has 0 N–H and O–H groups in total. The zero-order valence-electron chi connectivity index (χ0n) is 18.9. The second-order valence-corrected chi connectivity index (χ2v) is 12.3. The van der Waals surface area contributed by atoms with Crippen molar-refractivity contribution in [2.75, 3.05) is 0 Å². The van der Waals surface area contributed by atoms with Gasteiger partial charge < -0.3 is 9.47 Å². The summed E-state index contributed by atoms with van der Waals surface area (Å²) in [6, 6.07) is 0. The number of ether oxygens (including phenoxy) is 2. The van der Waals surface area contributed by atoms with Crippen LogP contribution in [0.3, 0.4) is 0 Å². The molecule has 0 aromatic heterocycles. The minimum Gasteiger partial charge on any atom is -0.436 e. The van der Waals surface area contributed by atoms with Gasteiger partial charge in [0.2, 0.25) is 0 Å². The highest BCUT2D eigenvalue weighted by Gasteiger charge is 2.51. The summed E-state index contributed by atoms with van der Waals surface area (Å²) in [5, 5.41) is 0. The van der Waals surface area contributed by atoms with Crippen LogP contribution >= 0.6 is 0 Å². The van der Waals surface area contributed by atoms with Gasteiger partial charge in [0.15, 0.2) is 6.29 Å². The lowest BCUT2D eigenvalue weighted by Gasteiger charge is -2.54. The first-order chi connectivity index (χ1) is 12.3. The zero-order valence-corrected chi connectivity index (χ0v) is 18.9. The molecular formula is C24H42O3. The second-order valence-electron chi connectivity index (χ2n) is 12.3. The van der Waals surface area contributed by atoms with Gasteiger partial charge in [0, 0.05) is 0 Å². The van der Waals surface area contributed by atoms with Crippen LogP contribution in [0.1, 0.15) is 93.9 Å². The average Bonchev–Trinajstić information content (AvgIpc) is 2.47. The molecule has 27 heavy (non-hydrogen) atoms. The molecule has 0 radical (unpaired) electrons. The predicted octanol–water partition coefficient (Wildman–Crippen LogP) is 6.21. The van der Waals surface area contributed by atoms with Gasteiger partial charge in [-0.3, -0.25) is 4.79 Å². The summed E-state index contributed by atoms with van der Waals surface area (Å²) in [5.74, 6) is 3.13. The van der Waals surface area contributed by atoms with Gasteiger partial charge in [-0.1, -0.05) is 41.5 Å².